The van der Waals surface area contributed by atoms with Crippen LogP contribution in [0.5, 0.6) is 5.75 Å². The summed E-state index contributed by atoms with van der Waals surface area (Å²) in [6.45, 7) is 2.03. The van der Waals surface area contributed by atoms with Gasteiger partial charge in [0.2, 0.25) is 0 Å². The molecular formula is C32H35N3O4S2. The number of carbonyl (C=O) groups is 1. The molecule has 9 heteroatoms. The van der Waals surface area contributed by atoms with Gasteiger partial charge in [-0.3, -0.25) is 4.79 Å². The van der Waals surface area contributed by atoms with E-state index in [0.29, 0.717) is 16.8 Å². The molecule has 41 heavy (non-hydrogen) atoms. The van der Waals surface area contributed by atoms with E-state index in [4.69, 9.17) is 4.74 Å². The molecule has 3 aliphatic rings. The second-order valence-corrected chi connectivity index (χ2v) is 14.4. The third-order valence-corrected chi connectivity index (χ3v) is 11.5. The van der Waals surface area contributed by atoms with Gasteiger partial charge in [0.1, 0.15) is 5.75 Å². The Morgan fingerprint density at radius 1 is 0.927 bits per heavy atom. The number of para-hydroxylation sites is 1. The molecule has 0 aromatic heterocycles. The third-order valence-electron chi connectivity index (χ3n) is 8.30. The van der Waals surface area contributed by atoms with Crippen LogP contribution in [-0.2, 0) is 27.5 Å². The van der Waals surface area contributed by atoms with Crippen molar-refractivity contribution in [3.05, 3.63) is 90.0 Å². The molecule has 6 rings (SSSR count). The molecule has 3 aromatic rings. The summed E-state index contributed by atoms with van der Waals surface area (Å²) in [4.78, 5) is 21.9. The van der Waals surface area contributed by atoms with Crippen LogP contribution in [0.3, 0.4) is 0 Å². The Balaban J connectivity index is 1.17. The number of hydrogen-bond acceptors (Lipinski definition) is 6. The molecule has 0 unspecified atom stereocenters. The second kappa shape index (κ2) is 11.9. The Labute approximate surface area is 246 Å². The number of amides is 1. The molecule has 214 valence electrons. The Morgan fingerprint density at radius 2 is 1.61 bits per heavy atom. The monoisotopic (exact) mass is 589 g/mol. The van der Waals surface area contributed by atoms with Gasteiger partial charge in [-0.15, -0.1) is 0 Å². The standard InChI is InChI=1S/C32H35N3O4S2/c1-39-29-10-6-5-9-25(29)20-31(36)33-32-35(28-21-41(37,38)22-30(28)40-32)27-13-11-26(12-14-27)34-17-15-24(16-18-34)19-23-7-3-2-4-8-23/h2-14,24,28,30H,15-22H2,1H3/t28-,30+/m1/s1. The highest BCUT2D eigenvalue weighted by molar-refractivity contribution is 8.16. The number of hydrogen-bond donors (Lipinski definition) is 0. The van der Waals surface area contributed by atoms with Crippen LogP contribution in [0.25, 0.3) is 0 Å². The minimum absolute atomic E-state index is 0.0705. The first-order chi connectivity index (χ1) is 19.9. The zero-order valence-electron chi connectivity index (χ0n) is 23.2. The molecule has 2 atom stereocenters. The quantitative estimate of drug-likeness (QED) is 0.384. The SMILES string of the molecule is COc1ccccc1CC(=O)N=C1S[C@H]2CS(=O)(=O)C[C@H]2N1c1ccc(N2CCC(Cc3ccccc3)CC2)cc1. The van der Waals surface area contributed by atoms with Crippen LogP contribution in [0.2, 0.25) is 0 Å². The molecule has 7 nitrogen and oxygen atoms in total. The lowest BCUT2D eigenvalue weighted by Crippen LogP contribution is -2.38. The minimum atomic E-state index is -3.14. The molecule has 0 saturated carbocycles. The zero-order valence-corrected chi connectivity index (χ0v) is 24.8. The fourth-order valence-electron chi connectivity index (χ4n) is 6.19. The van der Waals surface area contributed by atoms with Gasteiger partial charge in [0.15, 0.2) is 15.0 Å². The molecule has 1 amide bonds. The maximum absolute atomic E-state index is 13.1. The largest absolute Gasteiger partial charge is 0.496 e. The van der Waals surface area contributed by atoms with Crippen molar-refractivity contribution in [2.24, 2.45) is 10.9 Å². The molecule has 0 spiro atoms. The maximum atomic E-state index is 13.1. The van der Waals surface area contributed by atoms with E-state index in [1.807, 2.05) is 41.3 Å². The van der Waals surface area contributed by atoms with Crippen LogP contribution in [0.1, 0.15) is 24.0 Å². The smallest absolute Gasteiger partial charge is 0.252 e. The number of ether oxygens (including phenoxy) is 1. The topological polar surface area (TPSA) is 79.3 Å². The van der Waals surface area contributed by atoms with Crippen LogP contribution in [0.4, 0.5) is 11.4 Å². The van der Waals surface area contributed by atoms with Crippen molar-refractivity contribution < 1.29 is 17.9 Å². The first-order valence-electron chi connectivity index (χ1n) is 14.2. The van der Waals surface area contributed by atoms with Crippen LogP contribution in [0, 0.1) is 5.92 Å². The van der Waals surface area contributed by atoms with E-state index in [1.54, 1.807) is 7.11 Å². The van der Waals surface area contributed by atoms with Crippen LogP contribution in [0.15, 0.2) is 83.9 Å². The Bertz CT molecular complexity index is 1520. The predicted molar refractivity (Wildman–Crippen MR) is 167 cm³/mol. The average molecular weight is 590 g/mol. The molecule has 3 aliphatic heterocycles. The number of benzene rings is 3. The van der Waals surface area contributed by atoms with Gasteiger partial charge in [0.25, 0.3) is 5.91 Å². The van der Waals surface area contributed by atoms with Crippen molar-refractivity contribution in [3.8, 4) is 5.75 Å². The van der Waals surface area contributed by atoms with Gasteiger partial charge in [0.05, 0.1) is 31.1 Å². The minimum Gasteiger partial charge on any atom is -0.496 e. The lowest BCUT2D eigenvalue weighted by molar-refractivity contribution is -0.117. The highest BCUT2D eigenvalue weighted by atomic mass is 32.2. The fraction of sp³-hybridized carbons (Fsp3) is 0.375. The van der Waals surface area contributed by atoms with Crippen molar-refractivity contribution in [1.29, 1.82) is 0 Å². The number of amidine groups is 1. The summed E-state index contributed by atoms with van der Waals surface area (Å²) in [5.41, 5.74) is 4.22. The van der Waals surface area contributed by atoms with Gasteiger partial charge in [-0.2, -0.15) is 4.99 Å². The lowest BCUT2D eigenvalue weighted by Gasteiger charge is -2.34. The summed E-state index contributed by atoms with van der Waals surface area (Å²) in [5, 5.41) is 0.436. The normalized spacial score (nSPS) is 23.1. The molecule has 0 N–H and O–H groups in total. The third kappa shape index (κ3) is 6.31. The van der Waals surface area contributed by atoms with Gasteiger partial charge in [-0.25, -0.2) is 8.42 Å². The van der Waals surface area contributed by atoms with Crippen LogP contribution < -0.4 is 14.5 Å². The van der Waals surface area contributed by atoms with Gasteiger partial charge in [-0.1, -0.05) is 60.3 Å². The van der Waals surface area contributed by atoms with Gasteiger partial charge in [-0.05, 0) is 61.1 Å². The Morgan fingerprint density at radius 3 is 2.34 bits per heavy atom. The van der Waals surface area contributed by atoms with Crippen molar-refractivity contribution in [2.45, 2.75) is 37.0 Å². The summed E-state index contributed by atoms with van der Waals surface area (Å²) < 4.78 is 30.4. The Kier molecular flexibility index (Phi) is 8.08. The number of methoxy groups -OCH3 is 1. The maximum Gasteiger partial charge on any atom is 0.252 e. The van der Waals surface area contributed by atoms with E-state index in [-0.39, 0.29) is 35.1 Å². The average Bonchev–Trinajstić information content (AvgIpc) is 3.44. The number of piperidine rings is 1. The van der Waals surface area contributed by atoms with Gasteiger partial charge >= 0.3 is 0 Å². The van der Waals surface area contributed by atoms with Crippen molar-refractivity contribution >= 4 is 44.0 Å². The summed E-state index contributed by atoms with van der Waals surface area (Å²) in [6.07, 6.45) is 3.57. The van der Waals surface area contributed by atoms with Gasteiger partial charge < -0.3 is 14.5 Å². The predicted octanol–water partition coefficient (Wildman–Crippen LogP) is 5.00. The van der Waals surface area contributed by atoms with E-state index >= 15 is 0 Å². The van der Waals surface area contributed by atoms with E-state index < -0.39 is 9.84 Å². The molecule has 0 bridgehead atoms. The second-order valence-electron chi connectivity index (χ2n) is 11.1. The summed E-state index contributed by atoms with van der Waals surface area (Å²) in [7, 11) is -1.55. The van der Waals surface area contributed by atoms with Gasteiger partial charge in [0, 0.05) is 35.3 Å². The lowest BCUT2D eigenvalue weighted by atomic mass is 9.90. The van der Waals surface area contributed by atoms with E-state index in [2.05, 4.69) is 52.4 Å². The first-order valence-corrected chi connectivity index (χ1v) is 16.9. The van der Waals surface area contributed by atoms with E-state index in [1.165, 1.54) is 23.0 Å². The molecule has 3 heterocycles. The van der Waals surface area contributed by atoms with Crippen molar-refractivity contribution in [2.75, 3.05) is 41.5 Å². The van der Waals surface area contributed by atoms with Crippen molar-refractivity contribution in [1.82, 2.24) is 0 Å². The number of thioether (sulfide) groups is 1. The number of aliphatic imine (C=N–C) groups is 1. The number of fused-ring (bicyclic) bond motifs is 1. The summed E-state index contributed by atoms with van der Waals surface area (Å²) in [5.74, 6) is 1.25. The summed E-state index contributed by atoms with van der Waals surface area (Å²) in [6, 6.07) is 26.2. The number of rotatable bonds is 7. The van der Waals surface area contributed by atoms with Crippen LogP contribution >= 0.6 is 11.8 Å². The molecule has 0 radical (unpaired) electrons. The molecule has 3 saturated heterocycles. The van der Waals surface area contributed by atoms with Crippen molar-refractivity contribution in [3.63, 3.8) is 0 Å². The fourth-order valence-corrected chi connectivity index (χ4v) is 10.1. The summed E-state index contributed by atoms with van der Waals surface area (Å²) >= 11 is 1.40. The highest BCUT2D eigenvalue weighted by Gasteiger charge is 2.49. The highest BCUT2D eigenvalue weighted by Crippen LogP contribution is 2.41. The van der Waals surface area contributed by atoms with E-state index in [9.17, 15) is 13.2 Å². The molecular weight excluding hydrogens is 555 g/mol. The molecule has 3 aromatic carbocycles. The number of nitrogens with zero attached hydrogens (tertiary/aromatic N) is 3. The number of carbonyl (C=O) groups excluding carboxylic acids is 1. The number of anilines is 2. The first kappa shape index (κ1) is 27.8. The van der Waals surface area contributed by atoms with Crippen LogP contribution in [-0.4, -0.2) is 62.5 Å². The Hall–Kier alpha value is -3.30. The molecule has 0 aliphatic carbocycles. The number of sulfone groups is 1. The zero-order chi connectivity index (χ0) is 28.4. The van der Waals surface area contributed by atoms with E-state index in [0.717, 1.165) is 43.6 Å². The molecule has 3 fully saturated rings.